The van der Waals surface area contributed by atoms with Crippen LogP contribution in [0.2, 0.25) is 0 Å². The maximum Gasteiger partial charge on any atom is 0.322 e. The summed E-state index contributed by atoms with van der Waals surface area (Å²) < 4.78 is 0. The molecule has 1 saturated carbocycles. The standard InChI is InChI=1S/C17H22N4O2/c22-15-17(20-16(23)19-15,14-2-1-7-18-10-14)13-5-8-21(9-6-13)11-12-3-4-12/h1-2,7,10,12-13H,3-6,8-9,11H2,(H2,19,20,22,23)/t17-/m1/s1. The van der Waals surface area contributed by atoms with Crippen molar-refractivity contribution in [2.45, 2.75) is 31.2 Å². The summed E-state index contributed by atoms with van der Waals surface area (Å²) in [5.41, 5.74) is -0.180. The molecule has 1 aromatic heterocycles. The van der Waals surface area contributed by atoms with Crippen LogP contribution in [0.5, 0.6) is 0 Å². The zero-order valence-corrected chi connectivity index (χ0v) is 13.1. The van der Waals surface area contributed by atoms with E-state index < -0.39 is 11.6 Å². The van der Waals surface area contributed by atoms with Crippen molar-refractivity contribution in [1.82, 2.24) is 20.5 Å². The summed E-state index contributed by atoms with van der Waals surface area (Å²) in [5.74, 6) is 0.748. The minimum Gasteiger partial charge on any atom is -0.319 e. The highest BCUT2D eigenvalue weighted by molar-refractivity contribution is 6.07. The molecule has 1 atom stereocenters. The third kappa shape index (κ3) is 2.61. The second-order valence-corrected chi connectivity index (χ2v) is 6.98. The lowest BCUT2D eigenvalue weighted by Crippen LogP contribution is -2.53. The maximum atomic E-state index is 12.6. The fourth-order valence-electron chi connectivity index (χ4n) is 4.01. The number of amides is 3. The first-order valence-electron chi connectivity index (χ1n) is 8.45. The van der Waals surface area contributed by atoms with E-state index in [1.165, 1.54) is 19.4 Å². The average molecular weight is 314 g/mol. The molecule has 1 aliphatic carbocycles. The van der Waals surface area contributed by atoms with Crippen molar-refractivity contribution >= 4 is 11.9 Å². The van der Waals surface area contributed by atoms with Gasteiger partial charge in [-0.1, -0.05) is 6.07 Å². The van der Waals surface area contributed by atoms with Crippen molar-refractivity contribution in [3.63, 3.8) is 0 Å². The van der Waals surface area contributed by atoms with E-state index in [4.69, 9.17) is 0 Å². The number of piperidine rings is 1. The molecule has 0 bridgehead atoms. The Hall–Kier alpha value is -1.95. The molecule has 2 aliphatic heterocycles. The van der Waals surface area contributed by atoms with E-state index in [-0.39, 0.29) is 11.8 Å². The Kier molecular flexibility index (Phi) is 3.56. The summed E-state index contributed by atoms with van der Waals surface area (Å²) in [7, 11) is 0. The molecule has 0 aromatic carbocycles. The van der Waals surface area contributed by atoms with Crippen LogP contribution in [0.15, 0.2) is 24.5 Å². The summed E-state index contributed by atoms with van der Waals surface area (Å²) in [6.07, 6.45) is 7.92. The molecule has 23 heavy (non-hydrogen) atoms. The number of urea groups is 1. The van der Waals surface area contributed by atoms with Gasteiger partial charge in [0.05, 0.1) is 0 Å². The Bertz CT molecular complexity index is 608. The number of nitrogens with zero attached hydrogens (tertiary/aromatic N) is 2. The number of hydrogen-bond donors (Lipinski definition) is 2. The first-order valence-corrected chi connectivity index (χ1v) is 8.45. The monoisotopic (exact) mass is 314 g/mol. The summed E-state index contributed by atoms with van der Waals surface area (Å²) >= 11 is 0. The van der Waals surface area contributed by atoms with Gasteiger partial charge in [0.2, 0.25) is 0 Å². The maximum absolute atomic E-state index is 12.6. The number of rotatable bonds is 4. The second kappa shape index (κ2) is 5.60. The number of carbonyl (C=O) groups is 2. The lowest BCUT2D eigenvalue weighted by Gasteiger charge is -2.40. The number of likely N-dealkylation sites (tertiary alicyclic amines) is 1. The van der Waals surface area contributed by atoms with Crippen LogP contribution in [0, 0.1) is 11.8 Å². The van der Waals surface area contributed by atoms with Crippen molar-refractivity contribution < 1.29 is 9.59 Å². The van der Waals surface area contributed by atoms with Gasteiger partial charge < -0.3 is 10.2 Å². The Morgan fingerprint density at radius 2 is 2.00 bits per heavy atom. The van der Waals surface area contributed by atoms with Gasteiger partial charge in [-0.15, -0.1) is 0 Å². The van der Waals surface area contributed by atoms with Crippen molar-refractivity contribution in [1.29, 1.82) is 0 Å². The molecule has 6 heteroatoms. The first-order chi connectivity index (χ1) is 11.2. The Labute approximate surface area is 135 Å². The zero-order valence-electron chi connectivity index (χ0n) is 13.1. The van der Waals surface area contributed by atoms with Crippen molar-refractivity contribution in [3.8, 4) is 0 Å². The molecule has 4 rings (SSSR count). The van der Waals surface area contributed by atoms with Crippen LogP contribution < -0.4 is 10.6 Å². The van der Waals surface area contributed by atoms with Crippen molar-refractivity contribution in [2.75, 3.05) is 19.6 Å². The normalized spacial score (nSPS) is 29.4. The average Bonchev–Trinajstić information content (AvgIpc) is 3.32. The lowest BCUT2D eigenvalue weighted by atomic mass is 9.73. The van der Waals surface area contributed by atoms with Gasteiger partial charge in [0.1, 0.15) is 0 Å². The third-order valence-corrected chi connectivity index (χ3v) is 5.43. The number of imide groups is 1. The topological polar surface area (TPSA) is 74.3 Å². The van der Waals surface area contributed by atoms with Gasteiger partial charge in [-0.2, -0.15) is 0 Å². The van der Waals surface area contributed by atoms with Crippen LogP contribution in [-0.2, 0) is 10.3 Å². The third-order valence-electron chi connectivity index (χ3n) is 5.43. The van der Waals surface area contributed by atoms with Gasteiger partial charge in [-0.3, -0.25) is 15.1 Å². The quantitative estimate of drug-likeness (QED) is 0.820. The number of hydrogen-bond acceptors (Lipinski definition) is 4. The molecule has 3 heterocycles. The fourth-order valence-corrected chi connectivity index (χ4v) is 4.01. The van der Waals surface area contributed by atoms with E-state index in [9.17, 15) is 9.59 Å². The summed E-state index contributed by atoms with van der Waals surface area (Å²) in [6.45, 7) is 3.17. The zero-order chi connectivity index (χ0) is 15.9. The molecular weight excluding hydrogens is 292 g/mol. The van der Waals surface area contributed by atoms with Crippen LogP contribution >= 0.6 is 0 Å². The minimum absolute atomic E-state index is 0.105. The van der Waals surface area contributed by atoms with E-state index in [1.807, 2.05) is 12.1 Å². The number of carbonyl (C=O) groups excluding carboxylic acids is 2. The lowest BCUT2D eigenvalue weighted by molar-refractivity contribution is -0.127. The molecule has 0 unspecified atom stereocenters. The highest BCUT2D eigenvalue weighted by atomic mass is 16.2. The summed E-state index contributed by atoms with van der Waals surface area (Å²) in [4.78, 5) is 31.1. The van der Waals surface area contributed by atoms with Gasteiger partial charge in [-0.05, 0) is 56.7 Å². The molecule has 2 N–H and O–H groups in total. The van der Waals surface area contributed by atoms with E-state index in [0.717, 1.165) is 37.4 Å². The molecule has 3 amide bonds. The van der Waals surface area contributed by atoms with Crippen LogP contribution in [-0.4, -0.2) is 41.5 Å². The summed E-state index contributed by atoms with van der Waals surface area (Å²) in [5, 5.41) is 5.34. The molecule has 2 saturated heterocycles. The highest BCUT2D eigenvalue weighted by Gasteiger charge is 2.53. The highest BCUT2D eigenvalue weighted by Crippen LogP contribution is 2.39. The number of aromatic nitrogens is 1. The molecule has 6 nitrogen and oxygen atoms in total. The van der Waals surface area contributed by atoms with Crippen LogP contribution in [0.3, 0.4) is 0 Å². The largest absolute Gasteiger partial charge is 0.322 e. The predicted molar refractivity (Wildman–Crippen MR) is 84.5 cm³/mol. The molecule has 3 fully saturated rings. The number of nitrogens with one attached hydrogen (secondary N) is 2. The van der Waals surface area contributed by atoms with Crippen molar-refractivity contribution in [2.24, 2.45) is 11.8 Å². The van der Waals surface area contributed by atoms with Gasteiger partial charge in [-0.25, -0.2) is 4.79 Å². The van der Waals surface area contributed by atoms with Gasteiger partial charge in [0.15, 0.2) is 5.54 Å². The molecule has 3 aliphatic rings. The van der Waals surface area contributed by atoms with Crippen molar-refractivity contribution in [3.05, 3.63) is 30.1 Å². The smallest absolute Gasteiger partial charge is 0.319 e. The molecule has 1 aromatic rings. The van der Waals surface area contributed by atoms with E-state index in [0.29, 0.717) is 0 Å². The van der Waals surface area contributed by atoms with Crippen LogP contribution in [0.4, 0.5) is 4.79 Å². The Morgan fingerprint density at radius 3 is 2.57 bits per heavy atom. The fraction of sp³-hybridized carbons (Fsp3) is 0.588. The van der Waals surface area contributed by atoms with Gasteiger partial charge in [0, 0.05) is 24.5 Å². The van der Waals surface area contributed by atoms with E-state index in [2.05, 4.69) is 20.5 Å². The van der Waals surface area contributed by atoms with E-state index >= 15 is 0 Å². The molecule has 0 radical (unpaired) electrons. The van der Waals surface area contributed by atoms with Gasteiger partial charge >= 0.3 is 6.03 Å². The number of pyridine rings is 1. The summed E-state index contributed by atoms with van der Waals surface area (Å²) in [6, 6.07) is 3.30. The Balaban J connectivity index is 1.57. The minimum atomic E-state index is -0.961. The molecular formula is C17H22N4O2. The molecule has 0 spiro atoms. The predicted octanol–water partition coefficient (Wildman–Crippen LogP) is 1.24. The molecule has 122 valence electrons. The van der Waals surface area contributed by atoms with Gasteiger partial charge in [0.25, 0.3) is 5.91 Å². The van der Waals surface area contributed by atoms with Crippen LogP contribution in [0.1, 0.15) is 31.2 Å². The first kappa shape index (κ1) is 14.6. The van der Waals surface area contributed by atoms with Crippen LogP contribution in [0.25, 0.3) is 0 Å². The van der Waals surface area contributed by atoms with E-state index in [1.54, 1.807) is 12.4 Å². The SMILES string of the molecule is O=C1NC(=O)[C@](c2cccnc2)(C2CCN(CC3CC3)CC2)N1. The Morgan fingerprint density at radius 1 is 1.22 bits per heavy atom. The second-order valence-electron chi connectivity index (χ2n) is 6.98.